The second-order valence-corrected chi connectivity index (χ2v) is 2.59. The molecule has 0 saturated heterocycles. The van der Waals surface area contributed by atoms with Crippen molar-refractivity contribution in [2.45, 2.75) is 20.8 Å². The lowest BCUT2D eigenvalue weighted by atomic mass is 10.3. The van der Waals surface area contributed by atoms with E-state index >= 15 is 0 Å². The van der Waals surface area contributed by atoms with Gasteiger partial charge in [0.1, 0.15) is 0 Å². The highest BCUT2D eigenvalue weighted by atomic mass is 16.5. The minimum absolute atomic E-state index is 0.647. The maximum Gasteiger partial charge on any atom is 0.0903 e. The molecule has 3 nitrogen and oxygen atoms in total. The van der Waals surface area contributed by atoms with E-state index in [9.17, 15) is 0 Å². The summed E-state index contributed by atoms with van der Waals surface area (Å²) in [7, 11) is 0. The normalized spacial score (nSPS) is 10.6. The average Bonchev–Trinajstić information content (AvgIpc) is 2.25. The number of ether oxygens (including phenoxy) is 3. The third-order valence-electron chi connectivity index (χ3n) is 1.43. The van der Waals surface area contributed by atoms with Crippen LogP contribution in [0.15, 0.2) is 36.5 Å². The van der Waals surface area contributed by atoms with Crippen LogP contribution in [0.3, 0.4) is 0 Å². The Kier molecular flexibility index (Phi) is 9.71. The Hall–Kier alpha value is -1.38. The summed E-state index contributed by atoms with van der Waals surface area (Å²) in [6.07, 6.45) is 8.61. The van der Waals surface area contributed by atoms with Gasteiger partial charge in [-0.15, -0.1) is 0 Å². The van der Waals surface area contributed by atoms with Crippen molar-refractivity contribution in [2.24, 2.45) is 0 Å². The molecule has 0 atom stereocenters. The fourth-order valence-corrected chi connectivity index (χ4v) is 0.759. The second kappa shape index (κ2) is 10.7. The fraction of sp³-hybridized carbons (Fsp3) is 0.500. The van der Waals surface area contributed by atoms with Crippen LogP contribution in [0.4, 0.5) is 0 Å². The van der Waals surface area contributed by atoms with E-state index in [1.165, 1.54) is 0 Å². The van der Waals surface area contributed by atoms with Crippen LogP contribution >= 0.6 is 0 Å². The van der Waals surface area contributed by atoms with Crippen LogP contribution in [-0.2, 0) is 14.2 Å². The molecule has 3 heteroatoms. The predicted molar refractivity (Wildman–Crippen MR) is 61.2 cm³/mol. The average molecular weight is 212 g/mol. The molecule has 0 aliphatic rings. The molecule has 0 saturated carbocycles. The number of hydrogen-bond acceptors (Lipinski definition) is 3. The van der Waals surface area contributed by atoms with Gasteiger partial charge in [-0.1, -0.05) is 0 Å². The largest absolute Gasteiger partial charge is 0.501 e. The van der Waals surface area contributed by atoms with Gasteiger partial charge in [0, 0.05) is 5.57 Å². The fourth-order valence-electron chi connectivity index (χ4n) is 0.759. The monoisotopic (exact) mass is 212 g/mol. The van der Waals surface area contributed by atoms with Gasteiger partial charge in [0.15, 0.2) is 0 Å². The smallest absolute Gasteiger partial charge is 0.0903 e. The van der Waals surface area contributed by atoms with Crippen molar-refractivity contribution in [2.75, 3.05) is 19.8 Å². The summed E-state index contributed by atoms with van der Waals surface area (Å²) in [5, 5.41) is 0. The molecular formula is C12H20O3. The highest BCUT2D eigenvalue weighted by Crippen LogP contribution is 2.01. The van der Waals surface area contributed by atoms with Crippen molar-refractivity contribution in [3.63, 3.8) is 0 Å². The molecule has 15 heavy (non-hydrogen) atoms. The van der Waals surface area contributed by atoms with Crippen molar-refractivity contribution in [1.82, 2.24) is 0 Å². The topological polar surface area (TPSA) is 27.7 Å². The minimum Gasteiger partial charge on any atom is -0.501 e. The molecule has 0 unspecified atom stereocenters. The van der Waals surface area contributed by atoms with Gasteiger partial charge in [-0.2, -0.15) is 0 Å². The summed E-state index contributed by atoms with van der Waals surface area (Å²) in [4.78, 5) is 0. The summed E-state index contributed by atoms with van der Waals surface area (Å²) >= 11 is 0. The highest BCUT2D eigenvalue weighted by Gasteiger charge is 1.87. The first-order valence-corrected chi connectivity index (χ1v) is 5.23. The van der Waals surface area contributed by atoms with E-state index in [1.54, 1.807) is 18.8 Å². The molecule has 0 aromatic carbocycles. The van der Waals surface area contributed by atoms with Crippen LogP contribution < -0.4 is 0 Å². The van der Waals surface area contributed by atoms with Crippen molar-refractivity contribution < 1.29 is 14.2 Å². The first-order chi connectivity index (χ1) is 7.35. The van der Waals surface area contributed by atoms with Gasteiger partial charge in [0.2, 0.25) is 0 Å². The maximum atomic E-state index is 5.18. The van der Waals surface area contributed by atoms with E-state index in [0.717, 1.165) is 5.57 Å². The summed E-state index contributed by atoms with van der Waals surface area (Å²) in [6.45, 7) is 7.78. The van der Waals surface area contributed by atoms with Crippen LogP contribution in [0.25, 0.3) is 0 Å². The van der Waals surface area contributed by atoms with E-state index in [1.807, 2.05) is 32.9 Å². The standard InChI is InChI=1S/C12H20O3/c1-4-13-9-7-12(11-15-6-3)8-10-14-5-2/h7-11H,4-6H2,1-3H3. The van der Waals surface area contributed by atoms with Gasteiger partial charge >= 0.3 is 0 Å². The van der Waals surface area contributed by atoms with Crippen molar-refractivity contribution in [3.05, 3.63) is 36.5 Å². The molecular weight excluding hydrogens is 192 g/mol. The zero-order valence-electron chi connectivity index (χ0n) is 9.73. The Morgan fingerprint density at radius 1 is 0.800 bits per heavy atom. The molecule has 0 aliphatic heterocycles. The Bertz CT molecular complexity index is 199. The van der Waals surface area contributed by atoms with Gasteiger partial charge in [-0.05, 0) is 32.9 Å². The predicted octanol–water partition coefficient (Wildman–Crippen LogP) is 3.01. The third-order valence-corrected chi connectivity index (χ3v) is 1.43. The molecule has 0 spiro atoms. The van der Waals surface area contributed by atoms with Gasteiger partial charge in [-0.3, -0.25) is 0 Å². The Morgan fingerprint density at radius 3 is 1.67 bits per heavy atom. The van der Waals surface area contributed by atoms with Gasteiger partial charge in [0.25, 0.3) is 0 Å². The molecule has 0 N–H and O–H groups in total. The van der Waals surface area contributed by atoms with Crippen LogP contribution in [0, 0.1) is 0 Å². The van der Waals surface area contributed by atoms with Gasteiger partial charge in [-0.25, -0.2) is 0 Å². The first kappa shape index (κ1) is 13.6. The lowest BCUT2D eigenvalue weighted by Crippen LogP contribution is -1.84. The summed E-state index contributed by atoms with van der Waals surface area (Å²) in [6, 6.07) is 0. The molecule has 0 heterocycles. The number of rotatable bonds is 8. The van der Waals surface area contributed by atoms with Crippen molar-refractivity contribution in [3.8, 4) is 0 Å². The van der Waals surface area contributed by atoms with E-state index in [4.69, 9.17) is 14.2 Å². The Morgan fingerprint density at radius 2 is 1.27 bits per heavy atom. The zero-order chi connectivity index (χ0) is 11.4. The summed E-state index contributed by atoms with van der Waals surface area (Å²) < 4.78 is 15.4. The van der Waals surface area contributed by atoms with E-state index in [0.29, 0.717) is 19.8 Å². The number of hydrogen-bond donors (Lipinski definition) is 0. The Balaban J connectivity index is 4.17. The quantitative estimate of drug-likeness (QED) is 0.457. The molecule has 0 fully saturated rings. The zero-order valence-corrected chi connectivity index (χ0v) is 9.73. The third kappa shape index (κ3) is 8.94. The molecule has 0 aromatic heterocycles. The van der Waals surface area contributed by atoms with Crippen LogP contribution in [-0.4, -0.2) is 19.8 Å². The lowest BCUT2D eigenvalue weighted by Gasteiger charge is -1.98. The van der Waals surface area contributed by atoms with Crippen LogP contribution in [0.5, 0.6) is 0 Å². The molecule has 0 radical (unpaired) electrons. The van der Waals surface area contributed by atoms with Crippen LogP contribution in [0.2, 0.25) is 0 Å². The van der Waals surface area contributed by atoms with Crippen molar-refractivity contribution >= 4 is 0 Å². The van der Waals surface area contributed by atoms with Crippen molar-refractivity contribution in [1.29, 1.82) is 0 Å². The lowest BCUT2D eigenvalue weighted by molar-refractivity contribution is 0.261. The summed E-state index contributed by atoms with van der Waals surface area (Å²) in [5.41, 5.74) is 0.902. The molecule has 0 rings (SSSR count). The van der Waals surface area contributed by atoms with E-state index in [-0.39, 0.29) is 0 Å². The molecule has 0 aliphatic carbocycles. The van der Waals surface area contributed by atoms with E-state index < -0.39 is 0 Å². The van der Waals surface area contributed by atoms with E-state index in [2.05, 4.69) is 0 Å². The SMILES string of the molecule is CCOC=CC(C=COCC)=COCC. The number of allylic oxidation sites excluding steroid dienone is 3. The second-order valence-electron chi connectivity index (χ2n) is 2.59. The van der Waals surface area contributed by atoms with Gasteiger partial charge in [0.05, 0.1) is 38.6 Å². The molecule has 0 bridgehead atoms. The minimum atomic E-state index is 0.647. The molecule has 86 valence electrons. The van der Waals surface area contributed by atoms with Crippen LogP contribution in [0.1, 0.15) is 20.8 Å². The first-order valence-electron chi connectivity index (χ1n) is 5.23. The summed E-state index contributed by atoms with van der Waals surface area (Å²) in [5.74, 6) is 0. The molecule has 0 amide bonds. The maximum absolute atomic E-state index is 5.18. The molecule has 0 aromatic rings. The highest BCUT2D eigenvalue weighted by molar-refractivity contribution is 5.27. The van der Waals surface area contributed by atoms with Gasteiger partial charge < -0.3 is 14.2 Å². The Labute approximate surface area is 92.0 Å².